The lowest BCUT2D eigenvalue weighted by Gasteiger charge is -2.04. The summed E-state index contributed by atoms with van der Waals surface area (Å²) >= 11 is 5.74. The molecule has 6 heteroatoms. The van der Waals surface area contributed by atoms with E-state index in [1.165, 1.54) is 6.07 Å². The molecule has 0 aliphatic carbocycles. The number of hydrogen-bond acceptors (Lipinski definition) is 3. The molecule has 0 aliphatic heterocycles. The Morgan fingerprint density at radius 2 is 2.06 bits per heavy atom. The van der Waals surface area contributed by atoms with Crippen molar-refractivity contribution in [2.24, 2.45) is 0 Å². The SMILES string of the molecule is Fc1ccccc1Cn1ncc2cnc(Cl)nc21. The number of halogens is 2. The quantitative estimate of drug-likeness (QED) is 0.667. The van der Waals surface area contributed by atoms with E-state index in [4.69, 9.17) is 11.6 Å². The standard InChI is InChI=1S/C12H8ClFN4/c13-12-15-5-9-6-16-18(11(9)17-12)7-8-3-1-2-4-10(8)14/h1-6H,7H2. The van der Waals surface area contributed by atoms with Gasteiger partial charge in [0.2, 0.25) is 5.28 Å². The fraction of sp³-hybridized carbons (Fsp3) is 0.0833. The summed E-state index contributed by atoms with van der Waals surface area (Å²) < 4.78 is 15.2. The topological polar surface area (TPSA) is 43.6 Å². The van der Waals surface area contributed by atoms with Crippen molar-refractivity contribution in [2.75, 3.05) is 0 Å². The fourth-order valence-electron chi connectivity index (χ4n) is 1.75. The van der Waals surface area contributed by atoms with E-state index in [0.29, 0.717) is 17.8 Å². The summed E-state index contributed by atoms with van der Waals surface area (Å²) in [5.41, 5.74) is 1.15. The van der Waals surface area contributed by atoms with Gasteiger partial charge in [-0.2, -0.15) is 10.1 Å². The molecule has 0 bridgehead atoms. The minimum Gasteiger partial charge on any atom is -0.243 e. The largest absolute Gasteiger partial charge is 0.243 e. The predicted molar refractivity (Wildman–Crippen MR) is 65.8 cm³/mol. The van der Waals surface area contributed by atoms with Crippen molar-refractivity contribution in [1.82, 2.24) is 19.7 Å². The van der Waals surface area contributed by atoms with Gasteiger partial charge in [0, 0.05) is 11.8 Å². The first-order valence-electron chi connectivity index (χ1n) is 5.31. The average Bonchev–Trinajstić information content (AvgIpc) is 2.75. The van der Waals surface area contributed by atoms with Gasteiger partial charge >= 0.3 is 0 Å². The summed E-state index contributed by atoms with van der Waals surface area (Å²) in [6.45, 7) is 0.309. The second-order valence-corrected chi connectivity index (χ2v) is 4.15. The molecule has 3 rings (SSSR count). The summed E-state index contributed by atoms with van der Waals surface area (Å²) in [6.07, 6.45) is 3.22. The molecule has 0 aliphatic rings. The number of nitrogens with zero attached hydrogens (tertiary/aromatic N) is 4. The van der Waals surface area contributed by atoms with Crippen LogP contribution < -0.4 is 0 Å². The fourth-order valence-corrected chi connectivity index (χ4v) is 1.88. The van der Waals surface area contributed by atoms with Crippen molar-refractivity contribution in [2.45, 2.75) is 6.54 Å². The molecule has 2 aromatic heterocycles. The van der Waals surface area contributed by atoms with Crippen LogP contribution in [-0.2, 0) is 6.54 Å². The van der Waals surface area contributed by atoms with Gasteiger partial charge in [0.15, 0.2) is 5.65 Å². The number of benzene rings is 1. The van der Waals surface area contributed by atoms with Gasteiger partial charge in [-0.1, -0.05) is 18.2 Å². The van der Waals surface area contributed by atoms with Crippen molar-refractivity contribution < 1.29 is 4.39 Å². The molecule has 0 saturated heterocycles. The van der Waals surface area contributed by atoms with E-state index in [-0.39, 0.29) is 11.1 Å². The summed E-state index contributed by atoms with van der Waals surface area (Å²) in [7, 11) is 0. The smallest absolute Gasteiger partial charge is 0.224 e. The Hall–Kier alpha value is -2.01. The zero-order valence-corrected chi connectivity index (χ0v) is 9.97. The summed E-state index contributed by atoms with van der Waals surface area (Å²) in [6, 6.07) is 6.57. The van der Waals surface area contributed by atoms with E-state index in [9.17, 15) is 4.39 Å². The van der Waals surface area contributed by atoms with Crippen LogP contribution in [0.25, 0.3) is 11.0 Å². The van der Waals surface area contributed by atoms with Crippen LogP contribution in [-0.4, -0.2) is 19.7 Å². The first-order valence-corrected chi connectivity index (χ1v) is 5.69. The molecule has 18 heavy (non-hydrogen) atoms. The second kappa shape index (κ2) is 4.34. The van der Waals surface area contributed by atoms with Crippen LogP contribution in [0.3, 0.4) is 0 Å². The predicted octanol–water partition coefficient (Wildman–Crippen LogP) is 2.67. The maximum atomic E-state index is 13.6. The van der Waals surface area contributed by atoms with Crippen LogP contribution >= 0.6 is 11.6 Å². The Kier molecular flexibility index (Phi) is 2.68. The van der Waals surface area contributed by atoms with Gasteiger partial charge in [-0.3, -0.25) is 0 Å². The van der Waals surface area contributed by atoms with Crippen molar-refractivity contribution in [1.29, 1.82) is 0 Å². The van der Waals surface area contributed by atoms with Gasteiger partial charge in [0.05, 0.1) is 18.1 Å². The lowest BCUT2D eigenvalue weighted by Crippen LogP contribution is -2.04. The molecule has 0 fully saturated rings. The lowest BCUT2D eigenvalue weighted by molar-refractivity contribution is 0.589. The van der Waals surface area contributed by atoms with E-state index in [1.807, 2.05) is 0 Å². The molecular weight excluding hydrogens is 255 g/mol. The normalized spacial score (nSPS) is 11.0. The summed E-state index contributed by atoms with van der Waals surface area (Å²) in [4.78, 5) is 7.97. The molecule has 3 aromatic rings. The van der Waals surface area contributed by atoms with Gasteiger partial charge in [0.1, 0.15) is 5.82 Å². The lowest BCUT2D eigenvalue weighted by atomic mass is 10.2. The third kappa shape index (κ3) is 1.93. The molecule has 0 radical (unpaired) electrons. The third-order valence-electron chi connectivity index (χ3n) is 2.63. The summed E-state index contributed by atoms with van der Waals surface area (Å²) in [5, 5.41) is 5.09. The summed E-state index contributed by atoms with van der Waals surface area (Å²) in [5.74, 6) is -0.263. The van der Waals surface area contributed by atoms with Crippen molar-refractivity contribution in [3.8, 4) is 0 Å². The molecule has 90 valence electrons. The first kappa shape index (κ1) is 11.1. The molecule has 0 atom stereocenters. The zero-order valence-electron chi connectivity index (χ0n) is 9.22. The average molecular weight is 263 g/mol. The molecule has 2 heterocycles. The maximum absolute atomic E-state index is 13.6. The highest BCUT2D eigenvalue weighted by Gasteiger charge is 2.08. The maximum Gasteiger partial charge on any atom is 0.224 e. The van der Waals surface area contributed by atoms with Gasteiger partial charge < -0.3 is 0 Å². The van der Waals surface area contributed by atoms with Crippen LogP contribution in [0.5, 0.6) is 0 Å². The Bertz CT molecular complexity index is 710. The highest BCUT2D eigenvalue weighted by atomic mass is 35.5. The van der Waals surface area contributed by atoms with Crippen molar-refractivity contribution in [3.05, 3.63) is 53.3 Å². The van der Waals surface area contributed by atoms with Crippen LogP contribution in [0.15, 0.2) is 36.7 Å². The molecule has 4 nitrogen and oxygen atoms in total. The van der Waals surface area contributed by atoms with Gasteiger partial charge in [0.25, 0.3) is 0 Å². The van der Waals surface area contributed by atoms with E-state index < -0.39 is 0 Å². The molecular formula is C12H8ClFN4. The van der Waals surface area contributed by atoms with Gasteiger partial charge in [-0.25, -0.2) is 14.1 Å². The Balaban J connectivity index is 2.05. The van der Waals surface area contributed by atoms with Crippen LogP contribution in [0, 0.1) is 5.82 Å². The Morgan fingerprint density at radius 3 is 2.89 bits per heavy atom. The molecule has 0 saturated carbocycles. The van der Waals surface area contributed by atoms with Crippen LogP contribution in [0.1, 0.15) is 5.56 Å². The first-order chi connectivity index (χ1) is 8.74. The van der Waals surface area contributed by atoms with E-state index >= 15 is 0 Å². The van der Waals surface area contributed by atoms with Crippen LogP contribution in [0.2, 0.25) is 5.28 Å². The minimum absolute atomic E-state index is 0.151. The zero-order chi connectivity index (χ0) is 12.5. The number of fused-ring (bicyclic) bond motifs is 1. The minimum atomic E-state index is -0.263. The van der Waals surface area contributed by atoms with E-state index in [1.54, 1.807) is 35.3 Å². The van der Waals surface area contributed by atoms with Crippen molar-refractivity contribution in [3.63, 3.8) is 0 Å². The molecule has 0 spiro atoms. The van der Waals surface area contributed by atoms with Crippen LogP contribution in [0.4, 0.5) is 4.39 Å². The monoisotopic (exact) mass is 262 g/mol. The highest BCUT2D eigenvalue weighted by molar-refractivity contribution is 6.28. The number of aromatic nitrogens is 4. The number of hydrogen-bond donors (Lipinski definition) is 0. The highest BCUT2D eigenvalue weighted by Crippen LogP contribution is 2.15. The third-order valence-corrected chi connectivity index (χ3v) is 2.81. The Labute approximate surface area is 107 Å². The molecule has 1 aromatic carbocycles. The molecule has 0 unspecified atom stereocenters. The van der Waals surface area contributed by atoms with Gasteiger partial charge in [-0.05, 0) is 17.7 Å². The second-order valence-electron chi connectivity index (χ2n) is 3.81. The van der Waals surface area contributed by atoms with Crippen molar-refractivity contribution >= 4 is 22.6 Å². The van der Waals surface area contributed by atoms with E-state index in [0.717, 1.165) is 5.39 Å². The molecule has 0 N–H and O–H groups in total. The van der Waals surface area contributed by atoms with E-state index in [2.05, 4.69) is 15.1 Å². The molecule has 0 amide bonds. The number of rotatable bonds is 2. The Morgan fingerprint density at radius 1 is 1.22 bits per heavy atom. The van der Waals surface area contributed by atoms with Gasteiger partial charge in [-0.15, -0.1) is 0 Å².